The number of carbonyl (C=O) groups excluding carboxylic acids is 1. The Morgan fingerprint density at radius 1 is 1.10 bits per heavy atom. The van der Waals surface area contributed by atoms with E-state index in [1.54, 1.807) is 7.11 Å². The number of hydrogen-bond donors (Lipinski definition) is 0. The van der Waals surface area contributed by atoms with Gasteiger partial charge in [0.25, 0.3) is 0 Å². The number of amides is 1. The molecule has 1 amide bonds. The van der Waals surface area contributed by atoms with Gasteiger partial charge in [-0.05, 0) is 41.8 Å². The van der Waals surface area contributed by atoms with Crippen molar-refractivity contribution < 1.29 is 14.3 Å². The van der Waals surface area contributed by atoms with Crippen LogP contribution >= 0.6 is 11.6 Å². The molecule has 0 aliphatic carbocycles. The van der Waals surface area contributed by atoms with Gasteiger partial charge >= 0.3 is 0 Å². The van der Waals surface area contributed by atoms with Crippen LogP contribution in [0.2, 0.25) is 5.02 Å². The number of nitrogens with zero attached hydrogens (tertiary/aromatic N) is 2. The molecule has 1 atom stereocenters. The maximum atomic E-state index is 12.3. The highest BCUT2D eigenvalue weighted by Gasteiger charge is 2.24. The predicted octanol–water partition coefficient (Wildman–Crippen LogP) is 4.94. The molecule has 6 heteroatoms. The lowest BCUT2D eigenvalue weighted by molar-refractivity contribution is -0.133. The first-order valence-corrected chi connectivity index (χ1v) is 11.5. The minimum atomic E-state index is -0.101. The summed E-state index contributed by atoms with van der Waals surface area (Å²) in [5.41, 5.74) is 2.13. The molecule has 0 bridgehead atoms. The van der Waals surface area contributed by atoms with Gasteiger partial charge in [0.1, 0.15) is 5.75 Å². The molecule has 1 saturated heterocycles. The quantitative estimate of drug-likeness (QED) is 0.520. The van der Waals surface area contributed by atoms with Crippen LogP contribution in [0.3, 0.4) is 0 Å². The smallest absolute Gasteiger partial charge is 0.222 e. The molecule has 1 fully saturated rings. The van der Waals surface area contributed by atoms with Crippen molar-refractivity contribution in [1.82, 2.24) is 9.80 Å². The Balaban J connectivity index is 1.63. The van der Waals surface area contributed by atoms with Crippen LogP contribution in [0.4, 0.5) is 0 Å². The van der Waals surface area contributed by atoms with Crippen LogP contribution in [-0.2, 0) is 16.1 Å². The van der Waals surface area contributed by atoms with Gasteiger partial charge in [0.2, 0.25) is 5.91 Å². The number of benzene rings is 2. The minimum absolute atomic E-state index is 0.101. The van der Waals surface area contributed by atoms with Gasteiger partial charge in [0.05, 0.1) is 19.8 Å². The monoisotopic (exact) mass is 444 g/mol. The highest BCUT2D eigenvalue weighted by Crippen LogP contribution is 2.25. The van der Waals surface area contributed by atoms with Crippen molar-refractivity contribution in [2.75, 3.05) is 39.8 Å². The zero-order valence-electron chi connectivity index (χ0n) is 18.6. The summed E-state index contributed by atoms with van der Waals surface area (Å²) in [5.74, 6) is 1.10. The van der Waals surface area contributed by atoms with Gasteiger partial charge < -0.3 is 14.4 Å². The van der Waals surface area contributed by atoms with Crippen LogP contribution in [0, 0.1) is 0 Å². The van der Waals surface area contributed by atoms with Gasteiger partial charge in [0.15, 0.2) is 0 Å². The van der Waals surface area contributed by atoms with E-state index < -0.39 is 0 Å². The van der Waals surface area contributed by atoms with E-state index in [1.807, 2.05) is 47.4 Å². The van der Waals surface area contributed by atoms with Crippen molar-refractivity contribution in [2.45, 2.75) is 38.9 Å². The highest BCUT2D eigenvalue weighted by molar-refractivity contribution is 6.30. The Kier molecular flexibility index (Phi) is 9.19. The molecular formula is C25H33ClN2O3. The van der Waals surface area contributed by atoms with Crippen molar-refractivity contribution in [3.05, 3.63) is 64.7 Å². The Morgan fingerprint density at radius 2 is 1.87 bits per heavy atom. The lowest BCUT2D eigenvalue weighted by atomic mass is 10.1. The van der Waals surface area contributed by atoms with E-state index in [2.05, 4.69) is 17.9 Å². The van der Waals surface area contributed by atoms with Gasteiger partial charge in [-0.3, -0.25) is 9.69 Å². The summed E-state index contributed by atoms with van der Waals surface area (Å²) in [6.07, 6.45) is 2.58. The van der Waals surface area contributed by atoms with Gasteiger partial charge in [-0.15, -0.1) is 0 Å². The van der Waals surface area contributed by atoms with Crippen LogP contribution in [0.1, 0.15) is 43.4 Å². The number of ether oxygens (including phenoxy) is 2. The average molecular weight is 445 g/mol. The summed E-state index contributed by atoms with van der Waals surface area (Å²) in [6.45, 7) is 6.65. The maximum Gasteiger partial charge on any atom is 0.222 e. The first-order valence-electron chi connectivity index (χ1n) is 11.1. The van der Waals surface area contributed by atoms with Gasteiger partial charge in [-0.25, -0.2) is 0 Å². The second kappa shape index (κ2) is 12.1. The molecule has 0 saturated carbocycles. The summed E-state index contributed by atoms with van der Waals surface area (Å²) in [4.78, 5) is 16.7. The van der Waals surface area contributed by atoms with Gasteiger partial charge in [-0.2, -0.15) is 0 Å². The zero-order valence-corrected chi connectivity index (χ0v) is 19.3. The number of methoxy groups -OCH3 is 1. The molecular weight excluding hydrogens is 412 g/mol. The average Bonchev–Trinajstić information content (AvgIpc) is 2.80. The molecule has 1 unspecified atom stereocenters. The molecule has 1 aliphatic heterocycles. The number of carbonyl (C=O) groups is 1. The van der Waals surface area contributed by atoms with E-state index in [-0.39, 0.29) is 12.0 Å². The summed E-state index contributed by atoms with van der Waals surface area (Å²) in [5, 5.41) is 0.711. The van der Waals surface area contributed by atoms with Crippen molar-refractivity contribution in [3.8, 4) is 5.75 Å². The number of piperazine rings is 1. The first-order chi connectivity index (χ1) is 15.1. The largest absolute Gasteiger partial charge is 0.497 e. The fraction of sp³-hybridized carbons (Fsp3) is 0.480. The van der Waals surface area contributed by atoms with Gasteiger partial charge in [0, 0.05) is 44.2 Å². The van der Waals surface area contributed by atoms with E-state index in [1.165, 1.54) is 0 Å². The van der Waals surface area contributed by atoms with Gasteiger partial charge in [-0.1, -0.05) is 49.2 Å². The van der Waals surface area contributed by atoms with Crippen molar-refractivity contribution in [2.24, 2.45) is 0 Å². The predicted molar refractivity (Wildman–Crippen MR) is 125 cm³/mol. The SMILES string of the molecule is CCCCC(=O)N1CCN(CC(OCc2cccc(Cl)c2)c2cccc(OC)c2)CC1. The third-order valence-electron chi connectivity index (χ3n) is 5.70. The van der Waals surface area contributed by atoms with Crippen molar-refractivity contribution in [1.29, 1.82) is 0 Å². The maximum absolute atomic E-state index is 12.3. The standard InChI is InChI=1S/C25H33ClN2O3/c1-3-4-11-25(29)28-14-12-27(13-15-28)18-24(21-8-6-10-23(17-21)30-2)31-19-20-7-5-9-22(26)16-20/h5-10,16-17,24H,3-4,11-15,18-19H2,1-2H3. The summed E-state index contributed by atoms with van der Waals surface area (Å²) < 4.78 is 11.8. The third kappa shape index (κ3) is 7.23. The number of unbranched alkanes of at least 4 members (excludes halogenated alkanes) is 1. The highest BCUT2D eigenvalue weighted by atomic mass is 35.5. The van der Waals surface area contributed by atoms with E-state index >= 15 is 0 Å². The summed E-state index contributed by atoms with van der Waals surface area (Å²) in [6, 6.07) is 15.8. The molecule has 1 heterocycles. The fourth-order valence-electron chi connectivity index (χ4n) is 3.82. The van der Waals surface area contributed by atoms with Crippen molar-refractivity contribution >= 4 is 17.5 Å². The fourth-order valence-corrected chi connectivity index (χ4v) is 4.03. The molecule has 0 aromatic heterocycles. The second-order valence-corrected chi connectivity index (χ2v) is 8.43. The molecule has 1 aliphatic rings. The lowest BCUT2D eigenvalue weighted by Gasteiger charge is -2.36. The van der Waals surface area contributed by atoms with Crippen LogP contribution in [-0.4, -0.2) is 55.5 Å². The van der Waals surface area contributed by atoms with E-state index in [0.717, 1.165) is 62.4 Å². The molecule has 0 radical (unpaired) electrons. The Labute approximate surface area is 190 Å². The number of halogens is 1. The molecule has 3 rings (SSSR count). The summed E-state index contributed by atoms with van der Waals surface area (Å²) >= 11 is 6.13. The Hall–Kier alpha value is -2.08. The van der Waals surface area contributed by atoms with E-state index in [9.17, 15) is 4.79 Å². The number of hydrogen-bond acceptors (Lipinski definition) is 4. The van der Waals surface area contributed by atoms with Crippen LogP contribution in [0.25, 0.3) is 0 Å². The molecule has 168 valence electrons. The number of rotatable bonds is 10. The van der Waals surface area contributed by atoms with E-state index in [4.69, 9.17) is 21.1 Å². The zero-order chi connectivity index (χ0) is 22.1. The Morgan fingerprint density at radius 3 is 2.58 bits per heavy atom. The normalized spacial score (nSPS) is 15.6. The molecule has 0 spiro atoms. The van der Waals surface area contributed by atoms with Crippen LogP contribution in [0.5, 0.6) is 5.75 Å². The van der Waals surface area contributed by atoms with Crippen LogP contribution in [0.15, 0.2) is 48.5 Å². The Bertz CT molecular complexity index is 837. The molecule has 2 aromatic rings. The molecule has 0 N–H and O–H groups in total. The third-order valence-corrected chi connectivity index (χ3v) is 5.93. The lowest BCUT2D eigenvalue weighted by Crippen LogP contribution is -2.49. The molecule has 31 heavy (non-hydrogen) atoms. The van der Waals surface area contributed by atoms with Crippen molar-refractivity contribution in [3.63, 3.8) is 0 Å². The summed E-state index contributed by atoms with van der Waals surface area (Å²) in [7, 11) is 1.68. The first kappa shape index (κ1) is 23.6. The molecule has 2 aromatic carbocycles. The minimum Gasteiger partial charge on any atom is -0.497 e. The second-order valence-electron chi connectivity index (χ2n) is 7.99. The van der Waals surface area contributed by atoms with Crippen LogP contribution < -0.4 is 4.74 Å². The topological polar surface area (TPSA) is 42.0 Å². The molecule has 5 nitrogen and oxygen atoms in total. The van der Waals surface area contributed by atoms with E-state index in [0.29, 0.717) is 18.1 Å².